The number of hydrogen-bond acceptors (Lipinski definition) is 3. The predicted molar refractivity (Wildman–Crippen MR) is 82.3 cm³/mol. The van der Waals surface area contributed by atoms with E-state index in [9.17, 15) is 9.59 Å². The molecule has 2 aliphatic heterocycles. The van der Waals surface area contributed by atoms with Gasteiger partial charge in [0.05, 0.1) is 5.69 Å². The lowest BCUT2D eigenvalue weighted by atomic mass is 10.1. The maximum absolute atomic E-state index is 12.7. The zero-order valence-corrected chi connectivity index (χ0v) is 13.6. The molecule has 2 fully saturated rings. The molecule has 3 heterocycles. The SMILES string of the molecule is Cc1[nH]nc(CCC(=O)N2[C@@H]3CC[C@H]2CN(C)C(=O)C3)c1C. The molecule has 2 amide bonds. The number of H-pyrrole nitrogens is 1. The predicted octanol–water partition coefficient (Wildman–Crippen LogP) is 1.18. The van der Waals surface area contributed by atoms with E-state index < -0.39 is 0 Å². The van der Waals surface area contributed by atoms with Gasteiger partial charge in [-0.2, -0.15) is 5.10 Å². The van der Waals surface area contributed by atoms with Gasteiger partial charge in [-0.05, 0) is 32.3 Å². The Kier molecular flexibility index (Phi) is 3.93. The van der Waals surface area contributed by atoms with Gasteiger partial charge in [-0.25, -0.2) is 0 Å². The van der Waals surface area contributed by atoms with Gasteiger partial charge in [-0.3, -0.25) is 14.7 Å². The number of aromatic amines is 1. The lowest BCUT2D eigenvalue weighted by Crippen LogP contribution is -2.42. The van der Waals surface area contributed by atoms with Crippen LogP contribution in [0.3, 0.4) is 0 Å². The van der Waals surface area contributed by atoms with Crippen molar-refractivity contribution in [3.63, 3.8) is 0 Å². The first-order chi connectivity index (χ1) is 10.5. The maximum atomic E-state index is 12.7. The van der Waals surface area contributed by atoms with Crippen molar-refractivity contribution < 1.29 is 9.59 Å². The topological polar surface area (TPSA) is 69.3 Å². The fourth-order valence-corrected chi connectivity index (χ4v) is 3.66. The maximum Gasteiger partial charge on any atom is 0.224 e. The summed E-state index contributed by atoms with van der Waals surface area (Å²) in [4.78, 5) is 28.4. The highest BCUT2D eigenvalue weighted by atomic mass is 16.2. The van der Waals surface area contributed by atoms with Crippen molar-refractivity contribution in [2.45, 2.75) is 58.0 Å². The van der Waals surface area contributed by atoms with Crippen LogP contribution < -0.4 is 0 Å². The monoisotopic (exact) mass is 304 g/mol. The molecule has 1 aromatic rings. The molecule has 6 nitrogen and oxygen atoms in total. The lowest BCUT2D eigenvalue weighted by Gasteiger charge is -2.28. The fraction of sp³-hybridized carbons (Fsp3) is 0.688. The molecule has 0 unspecified atom stereocenters. The number of hydrogen-bond donors (Lipinski definition) is 1. The second kappa shape index (κ2) is 5.74. The summed E-state index contributed by atoms with van der Waals surface area (Å²) in [6.07, 6.45) is 3.56. The van der Waals surface area contributed by atoms with Crippen LogP contribution in [-0.4, -0.2) is 57.5 Å². The first-order valence-corrected chi connectivity index (χ1v) is 8.03. The number of aryl methyl sites for hydroxylation is 2. The largest absolute Gasteiger partial charge is 0.344 e. The van der Waals surface area contributed by atoms with Gasteiger partial charge in [0, 0.05) is 50.6 Å². The van der Waals surface area contributed by atoms with Gasteiger partial charge < -0.3 is 9.80 Å². The third-order valence-corrected chi connectivity index (χ3v) is 5.16. The Bertz CT molecular complexity index is 595. The van der Waals surface area contributed by atoms with Crippen LogP contribution in [0.4, 0.5) is 0 Å². The summed E-state index contributed by atoms with van der Waals surface area (Å²) < 4.78 is 0. The summed E-state index contributed by atoms with van der Waals surface area (Å²) in [5, 5.41) is 7.24. The molecule has 2 bridgehead atoms. The molecule has 1 N–H and O–H groups in total. The van der Waals surface area contributed by atoms with Gasteiger partial charge in [0.1, 0.15) is 0 Å². The molecule has 6 heteroatoms. The van der Waals surface area contributed by atoms with Crippen LogP contribution in [0.15, 0.2) is 0 Å². The van der Waals surface area contributed by atoms with E-state index in [1.807, 2.05) is 25.8 Å². The Morgan fingerprint density at radius 3 is 2.73 bits per heavy atom. The third-order valence-electron chi connectivity index (χ3n) is 5.16. The third kappa shape index (κ3) is 2.62. The van der Waals surface area contributed by atoms with Crippen LogP contribution >= 0.6 is 0 Å². The molecular formula is C16H24N4O2. The average Bonchev–Trinajstić information content (AvgIpc) is 2.97. The lowest BCUT2D eigenvalue weighted by molar-refractivity contribution is -0.133. The molecule has 2 atom stereocenters. The van der Waals surface area contributed by atoms with E-state index in [2.05, 4.69) is 10.2 Å². The molecule has 0 aliphatic carbocycles. The summed E-state index contributed by atoms with van der Waals surface area (Å²) >= 11 is 0. The number of likely N-dealkylation sites (tertiary alicyclic amines) is 1. The van der Waals surface area contributed by atoms with E-state index in [1.54, 1.807) is 4.90 Å². The Morgan fingerprint density at radius 2 is 2.05 bits per heavy atom. The highest BCUT2D eigenvalue weighted by Crippen LogP contribution is 2.31. The molecular weight excluding hydrogens is 280 g/mol. The van der Waals surface area contributed by atoms with Gasteiger partial charge in [0.25, 0.3) is 0 Å². The molecule has 0 radical (unpaired) electrons. The minimum Gasteiger partial charge on any atom is -0.344 e. The van der Waals surface area contributed by atoms with Crippen molar-refractivity contribution >= 4 is 11.8 Å². The van der Waals surface area contributed by atoms with E-state index in [4.69, 9.17) is 0 Å². The molecule has 1 aromatic heterocycles. The molecule has 0 saturated carbocycles. The van der Waals surface area contributed by atoms with E-state index in [1.165, 1.54) is 0 Å². The van der Waals surface area contributed by atoms with Gasteiger partial charge >= 0.3 is 0 Å². The van der Waals surface area contributed by atoms with Crippen LogP contribution in [0.5, 0.6) is 0 Å². The summed E-state index contributed by atoms with van der Waals surface area (Å²) in [5.74, 6) is 0.319. The number of carbonyl (C=O) groups excluding carboxylic acids is 2. The van der Waals surface area contributed by atoms with Crippen molar-refractivity contribution in [1.82, 2.24) is 20.0 Å². The van der Waals surface area contributed by atoms with Crippen LogP contribution in [0.2, 0.25) is 0 Å². The van der Waals surface area contributed by atoms with Crippen LogP contribution in [-0.2, 0) is 16.0 Å². The van der Waals surface area contributed by atoms with E-state index >= 15 is 0 Å². The minimum absolute atomic E-state index is 0.0944. The highest BCUT2D eigenvalue weighted by Gasteiger charge is 2.41. The molecule has 120 valence electrons. The van der Waals surface area contributed by atoms with Crippen molar-refractivity contribution in [3.8, 4) is 0 Å². The Hall–Kier alpha value is -1.85. The smallest absolute Gasteiger partial charge is 0.224 e. The number of amides is 2. The normalized spacial score (nSPS) is 24.8. The number of rotatable bonds is 3. The number of likely N-dealkylation sites (N-methyl/N-ethyl adjacent to an activating group) is 1. The highest BCUT2D eigenvalue weighted by molar-refractivity contribution is 5.81. The molecule has 2 aliphatic rings. The summed E-state index contributed by atoms with van der Waals surface area (Å²) in [5.41, 5.74) is 3.17. The Balaban J connectivity index is 1.67. The van der Waals surface area contributed by atoms with Crippen LogP contribution in [0.1, 0.15) is 42.6 Å². The molecule has 0 spiro atoms. The van der Waals surface area contributed by atoms with E-state index in [0.29, 0.717) is 25.8 Å². The summed E-state index contributed by atoms with van der Waals surface area (Å²) in [6.45, 7) is 4.69. The van der Waals surface area contributed by atoms with Crippen LogP contribution in [0.25, 0.3) is 0 Å². The zero-order chi connectivity index (χ0) is 15.9. The van der Waals surface area contributed by atoms with E-state index in [0.717, 1.165) is 29.8 Å². The first kappa shape index (κ1) is 15.1. The van der Waals surface area contributed by atoms with E-state index in [-0.39, 0.29) is 23.9 Å². The van der Waals surface area contributed by atoms with Crippen molar-refractivity contribution in [2.75, 3.05) is 13.6 Å². The van der Waals surface area contributed by atoms with Crippen molar-refractivity contribution in [3.05, 3.63) is 17.0 Å². The Morgan fingerprint density at radius 1 is 1.32 bits per heavy atom. The molecule has 22 heavy (non-hydrogen) atoms. The van der Waals surface area contributed by atoms with Crippen molar-refractivity contribution in [2.24, 2.45) is 0 Å². The minimum atomic E-state index is 0.0944. The molecule has 3 rings (SSSR count). The number of nitrogens with one attached hydrogen (secondary N) is 1. The van der Waals surface area contributed by atoms with Crippen LogP contribution in [0, 0.1) is 13.8 Å². The molecule has 0 aromatic carbocycles. The standard InChI is InChI=1S/C16H24N4O2/c1-10-11(2)17-18-14(10)6-7-15(21)20-12-4-5-13(20)9-19(3)16(22)8-12/h12-13H,4-9H2,1-3H3,(H,17,18)/t12-,13+/m1/s1. The number of nitrogens with zero attached hydrogens (tertiary/aromatic N) is 3. The summed E-state index contributed by atoms with van der Waals surface area (Å²) in [6, 6.07) is 0.285. The number of fused-ring (bicyclic) bond motifs is 2. The molecule has 2 saturated heterocycles. The number of aromatic nitrogens is 2. The number of carbonyl (C=O) groups is 2. The second-order valence-electron chi connectivity index (χ2n) is 6.58. The second-order valence-corrected chi connectivity index (χ2v) is 6.58. The van der Waals surface area contributed by atoms with Crippen molar-refractivity contribution in [1.29, 1.82) is 0 Å². The average molecular weight is 304 g/mol. The Labute approximate surface area is 130 Å². The van der Waals surface area contributed by atoms with Gasteiger partial charge in [-0.1, -0.05) is 0 Å². The van der Waals surface area contributed by atoms with Gasteiger partial charge in [0.15, 0.2) is 0 Å². The van der Waals surface area contributed by atoms with Gasteiger partial charge in [0.2, 0.25) is 11.8 Å². The summed E-state index contributed by atoms with van der Waals surface area (Å²) in [7, 11) is 1.83. The van der Waals surface area contributed by atoms with Gasteiger partial charge in [-0.15, -0.1) is 0 Å². The quantitative estimate of drug-likeness (QED) is 0.911. The first-order valence-electron chi connectivity index (χ1n) is 8.03. The fourth-order valence-electron chi connectivity index (χ4n) is 3.66. The zero-order valence-electron chi connectivity index (χ0n) is 13.6.